The molecule has 1 aliphatic rings. The van der Waals surface area contributed by atoms with Crippen LogP contribution in [0.4, 0.5) is 15.9 Å². The van der Waals surface area contributed by atoms with Crippen LogP contribution < -0.4 is 15.8 Å². The normalized spacial score (nSPS) is 14.7. The number of likely N-dealkylation sites (tertiary alicyclic amines) is 1. The summed E-state index contributed by atoms with van der Waals surface area (Å²) in [4.78, 5) is 34.8. The highest BCUT2D eigenvalue weighted by Crippen LogP contribution is 2.28. The Kier molecular flexibility index (Phi) is 7.68. The van der Waals surface area contributed by atoms with Crippen LogP contribution in [0.2, 0.25) is 0 Å². The molecule has 0 bridgehead atoms. The third-order valence-electron chi connectivity index (χ3n) is 6.46. The van der Waals surface area contributed by atoms with Crippen molar-refractivity contribution in [1.29, 1.82) is 0 Å². The first kappa shape index (κ1) is 26.4. The fourth-order valence-electron chi connectivity index (χ4n) is 4.53. The van der Waals surface area contributed by atoms with Gasteiger partial charge in [0.15, 0.2) is 5.65 Å². The molecule has 0 saturated carbocycles. The van der Waals surface area contributed by atoms with E-state index in [1.807, 2.05) is 0 Å². The summed E-state index contributed by atoms with van der Waals surface area (Å²) in [5.74, 6) is 5.82. The molecule has 0 aliphatic carbocycles. The van der Waals surface area contributed by atoms with Crippen molar-refractivity contribution in [1.82, 2.24) is 24.6 Å². The number of carbonyl (C=O) groups is 2. The smallest absolute Gasteiger partial charge is 0.255 e. The SMILES string of the molecule is C=CC(=O)N1CCCC(n2nc(C#CCOc3ccc(C(=O)Nc4cccc(F)c4)cc3)c3c(N)ncnc32)C1. The Bertz CT molecular complexity index is 1640. The number of benzene rings is 2. The fourth-order valence-corrected chi connectivity index (χ4v) is 4.53. The van der Waals surface area contributed by atoms with E-state index in [9.17, 15) is 14.0 Å². The van der Waals surface area contributed by atoms with Crippen LogP contribution in [0.5, 0.6) is 5.75 Å². The van der Waals surface area contributed by atoms with E-state index in [0.29, 0.717) is 46.8 Å². The lowest BCUT2D eigenvalue weighted by atomic mass is 10.1. The van der Waals surface area contributed by atoms with Crippen molar-refractivity contribution in [3.05, 3.63) is 84.6 Å². The molecule has 2 aromatic heterocycles. The van der Waals surface area contributed by atoms with Gasteiger partial charge in [-0.1, -0.05) is 18.6 Å². The van der Waals surface area contributed by atoms with Crippen molar-refractivity contribution >= 4 is 34.4 Å². The number of hydrogen-bond acceptors (Lipinski definition) is 7. The number of nitrogens with zero attached hydrogens (tertiary/aromatic N) is 5. The topological polar surface area (TPSA) is 128 Å². The Labute approximate surface area is 229 Å². The van der Waals surface area contributed by atoms with Gasteiger partial charge in [-0.05, 0) is 67.3 Å². The summed E-state index contributed by atoms with van der Waals surface area (Å²) in [6.45, 7) is 4.79. The molecule has 1 fully saturated rings. The van der Waals surface area contributed by atoms with Crippen molar-refractivity contribution in [3.63, 3.8) is 0 Å². The zero-order valence-electron chi connectivity index (χ0n) is 21.5. The molecule has 3 heterocycles. The zero-order valence-corrected chi connectivity index (χ0v) is 21.5. The van der Waals surface area contributed by atoms with E-state index >= 15 is 0 Å². The number of amides is 2. The lowest BCUT2D eigenvalue weighted by Gasteiger charge is -2.32. The van der Waals surface area contributed by atoms with Gasteiger partial charge in [0.1, 0.15) is 36.0 Å². The van der Waals surface area contributed by atoms with E-state index in [0.717, 1.165) is 12.8 Å². The molecule has 1 unspecified atom stereocenters. The van der Waals surface area contributed by atoms with Gasteiger partial charge in [-0.3, -0.25) is 9.59 Å². The molecule has 0 radical (unpaired) electrons. The highest BCUT2D eigenvalue weighted by atomic mass is 19.1. The number of nitrogen functional groups attached to an aromatic ring is 1. The van der Waals surface area contributed by atoms with Crippen LogP contribution in [0.25, 0.3) is 11.0 Å². The van der Waals surface area contributed by atoms with Gasteiger partial charge >= 0.3 is 0 Å². The third-order valence-corrected chi connectivity index (χ3v) is 6.46. The Morgan fingerprint density at radius 1 is 1.23 bits per heavy atom. The first-order valence-electron chi connectivity index (χ1n) is 12.6. The number of hydrogen-bond donors (Lipinski definition) is 2. The molecule has 1 aliphatic heterocycles. The first-order valence-corrected chi connectivity index (χ1v) is 12.6. The van der Waals surface area contributed by atoms with Crippen LogP contribution in [-0.2, 0) is 4.79 Å². The Balaban J connectivity index is 1.26. The summed E-state index contributed by atoms with van der Waals surface area (Å²) in [6, 6.07) is 12.1. The van der Waals surface area contributed by atoms with Gasteiger partial charge in [0, 0.05) is 24.3 Å². The second-order valence-corrected chi connectivity index (χ2v) is 9.11. The molecule has 40 heavy (non-hydrogen) atoms. The van der Waals surface area contributed by atoms with E-state index in [1.54, 1.807) is 39.9 Å². The molecule has 10 nitrogen and oxygen atoms in total. The summed E-state index contributed by atoms with van der Waals surface area (Å²) in [6.07, 6.45) is 4.35. The Hall–Kier alpha value is -5.24. The molecule has 2 amide bonds. The standard InChI is InChI=1S/C29H26FN7O3/c1-2-25(38)36-14-4-8-22(17-36)37-28-26(27(31)32-18-33-28)24(35-37)9-5-15-40-23-12-10-19(11-13-23)29(39)34-21-7-3-6-20(30)16-21/h2-3,6-7,10-13,16,18,22H,1,4,8,14-15,17H2,(H,34,39)(H2,31,32,33). The molecule has 2 aromatic carbocycles. The van der Waals surface area contributed by atoms with Crippen LogP contribution in [0.3, 0.4) is 0 Å². The number of nitrogens with one attached hydrogen (secondary N) is 1. The summed E-state index contributed by atoms with van der Waals surface area (Å²) in [5, 5.41) is 7.88. The van der Waals surface area contributed by atoms with Crippen LogP contribution in [0, 0.1) is 17.7 Å². The number of nitrogens with two attached hydrogens (primary N) is 1. The second kappa shape index (κ2) is 11.7. The van der Waals surface area contributed by atoms with Gasteiger partial charge in [0.05, 0.1) is 11.4 Å². The minimum absolute atomic E-state index is 0.0574. The second-order valence-electron chi connectivity index (χ2n) is 9.11. The maximum Gasteiger partial charge on any atom is 0.255 e. The van der Waals surface area contributed by atoms with Crippen LogP contribution in [0.15, 0.2) is 67.5 Å². The maximum absolute atomic E-state index is 13.4. The quantitative estimate of drug-likeness (QED) is 0.283. The number of anilines is 2. The molecule has 11 heteroatoms. The lowest BCUT2D eigenvalue weighted by Crippen LogP contribution is -2.40. The molecular formula is C29H26FN7O3. The summed E-state index contributed by atoms with van der Waals surface area (Å²) in [5.41, 5.74) is 7.90. The minimum Gasteiger partial charge on any atom is -0.481 e. The highest BCUT2D eigenvalue weighted by Gasteiger charge is 2.27. The number of piperidine rings is 1. The summed E-state index contributed by atoms with van der Waals surface area (Å²) >= 11 is 0. The van der Waals surface area contributed by atoms with Crippen molar-refractivity contribution in [2.45, 2.75) is 18.9 Å². The van der Waals surface area contributed by atoms with Crippen LogP contribution >= 0.6 is 0 Å². The van der Waals surface area contributed by atoms with Gasteiger partial charge in [0.2, 0.25) is 5.91 Å². The Morgan fingerprint density at radius 3 is 2.83 bits per heavy atom. The number of fused-ring (bicyclic) bond motifs is 1. The molecule has 3 N–H and O–H groups in total. The van der Waals surface area contributed by atoms with E-state index in [1.165, 1.54) is 30.6 Å². The lowest BCUT2D eigenvalue weighted by molar-refractivity contribution is -0.127. The van der Waals surface area contributed by atoms with Gasteiger partial charge in [-0.15, -0.1) is 0 Å². The van der Waals surface area contributed by atoms with Crippen molar-refractivity contribution < 1.29 is 18.7 Å². The fraction of sp³-hybridized carbons (Fsp3) is 0.207. The minimum atomic E-state index is -0.432. The predicted octanol–water partition coefficient (Wildman–Crippen LogP) is 3.58. The molecule has 0 spiro atoms. The van der Waals surface area contributed by atoms with Gasteiger partial charge in [0.25, 0.3) is 5.91 Å². The number of ether oxygens (including phenoxy) is 1. The van der Waals surface area contributed by atoms with Crippen molar-refractivity contribution in [3.8, 4) is 17.6 Å². The van der Waals surface area contributed by atoms with E-state index < -0.39 is 5.82 Å². The summed E-state index contributed by atoms with van der Waals surface area (Å²) in [7, 11) is 0. The number of halogens is 1. The summed E-state index contributed by atoms with van der Waals surface area (Å²) < 4.78 is 20.8. The van der Waals surface area contributed by atoms with Crippen LogP contribution in [0.1, 0.15) is 34.9 Å². The van der Waals surface area contributed by atoms with Gasteiger partial charge in [-0.25, -0.2) is 19.0 Å². The maximum atomic E-state index is 13.4. The number of aromatic nitrogens is 4. The monoisotopic (exact) mass is 539 g/mol. The zero-order chi connectivity index (χ0) is 28.1. The molecule has 1 atom stereocenters. The molecule has 202 valence electrons. The third kappa shape index (κ3) is 5.76. The first-order chi connectivity index (χ1) is 19.4. The van der Waals surface area contributed by atoms with Gasteiger partial charge in [-0.2, -0.15) is 5.10 Å². The predicted molar refractivity (Wildman–Crippen MR) is 148 cm³/mol. The average Bonchev–Trinajstić information content (AvgIpc) is 3.35. The number of rotatable bonds is 6. The van der Waals surface area contributed by atoms with Gasteiger partial charge < -0.3 is 20.7 Å². The van der Waals surface area contributed by atoms with E-state index in [-0.39, 0.29) is 30.3 Å². The Morgan fingerprint density at radius 2 is 2.05 bits per heavy atom. The highest BCUT2D eigenvalue weighted by molar-refractivity contribution is 6.04. The van der Waals surface area contributed by atoms with Crippen molar-refractivity contribution in [2.75, 3.05) is 30.7 Å². The molecule has 5 rings (SSSR count). The largest absolute Gasteiger partial charge is 0.481 e. The van der Waals surface area contributed by atoms with Crippen molar-refractivity contribution in [2.24, 2.45) is 0 Å². The van der Waals surface area contributed by atoms with E-state index in [4.69, 9.17) is 10.5 Å². The average molecular weight is 540 g/mol. The van der Waals surface area contributed by atoms with E-state index in [2.05, 4.69) is 38.8 Å². The van der Waals surface area contributed by atoms with Crippen LogP contribution in [-0.4, -0.2) is 56.2 Å². The number of carbonyl (C=O) groups excluding carboxylic acids is 2. The molecule has 1 saturated heterocycles. The molecular weight excluding hydrogens is 513 g/mol. The molecule has 4 aromatic rings.